The van der Waals surface area contributed by atoms with Gasteiger partial charge in [-0.15, -0.1) is 11.3 Å². The Bertz CT molecular complexity index is 1640. The largest absolute Gasteiger partial charge is 0.382 e. The van der Waals surface area contributed by atoms with Crippen LogP contribution >= 0.6 is 11.3 Å². The minimum Gasteiger partial charge on any atom is -0.382 e. The number of imidazole rings is 1. The Morgan fingerprint density at radius 3 is 2.68 bits per heavy atom. The summed E-state index contributed by atoms with van der Waals surface area (Å²) in [5, 5.41) is 11.8. The summed E-state index contributed by atoms with van der Waals surface area (Å²) in [6.07, 6.45) is 7.31. The number of hydrogen-bond donors (Lipinski definition) is 3. The van der Waals surface area contributed by atoms with Gasteiger partial charge in [0.05, 0.1) is 11.1 Å². The van der Waals surface area contributed by atoms with Gasteiger partial charge in [-0.3, -0.25) is 10.1 Å². The molecule has 8 nitrogen and oxygen atoms in total. The fourth-order valence-electron chi connectivity index (χ4n) is 4.05. The summed E-state index contributed by atoms with van der Waals surface area (Å²) in [5.74, 6) is 0.654. The molecule has 6 heterocycles. The van der Waals surface area contributed by atoms with E-state index in [0.29, 0.717) is 23.2 Å². The number of aromatic nitrogens is 7. The van der Waals surface area contributed by atoms with E-state index in [1.165, 1.54) is 9.75 Å². The van der Waals surface area contributed by atoms with Crippen molar-refractivity contribution in [1.82, 2.24) is 35.1 Å². The summed E-state index contributed by atoms with van der Waals surface area (Å²) in [6.45, 7) is 6.31. The molecule has 6 aromatic heterocycles. The molecule has 6 aromatic rings. The quantitative estimate of drug-likeness (QED) is 0.296. The number of rotatable bonds is 5. The number of aryl methyl sites for hydroxylation is 1. The molecular formula is C25H22N8S. The second kappa shape index (κ2) is 8.03. The number of nitrogens with one attached hydrogen (secondary N) is 3. The molecule has 0 bridgehead atoms. The van der Waals surface area contributed by atoms with Crippen molar-refractivity contribution in [3.8, 4) is 33.1 Å². The highest BCUT2D eigenvalue weighted by molar-refractivity contribution is 7.15. The average molecular weight is 467 g/mol. The van der Waals surface area contributed by atoms with Crippen molar-refractivity contribution in [3.63, 3.8) is 0 Å². The van der Waals surface area contributed by atoms with E-state index in [0.717, 1.165) is 38.9 Å². The van der Waals surface area contributed by atoms with Crippen LogP contribution in [-0.2, 0) is 0 Å². The van der Waals surface area contributed by atoms with Gasteiger partial charge in [-0.1, -0.05) is 0 Å². The number of thiophene rings is 1. The predicted molar refractivity (Wildman–Crippen MR) is 137 cm³/mol. The zero-order valence-corrected chi connectivity index (χ0v) is 19.7. The van der Waals surface area contributed by atoms with Gasteiger partial charge in [0.15, 0.2) is 17.1 Å². The van der Waals surface area contributed by atoms with Crippen LogP contribution < -0.4 is 5.32 Å². The summed E-state index contributed by atoms with van der Waals surface area (Å²) >= 11 is 1.74. The number of pyridine rings is 3. The molecule has 3 N–H and O–H groups in total. The molecule has 0 saturated carbocycles. The molecule has 0 amide bonds. The Balaban J connectivity index is 1.45. The zero-order valence-electron chi connectivity index (χ0n) is 18.9. The second-order valence-corrected chi connectivity index (χ2v) is 9.79. The van der Waals surface area contributed by atoms with Crippen LogP contribution in [0.2, 0.25) is 0 Å². The third-order valence-electron chi connectivity index (χ3n) is 5.56. The molecule has 34 heavy (non-hydrogen) atoms. The van der Waals surface area contributed by atoms with Gasteiger partial charge >= 0.3 is 0 Å². The van der Waals surface area contributed by atoms with E-state index in [1.807, 2.05) is 30.9 Å². The predicted octanol–water partition coefficient (Wildman–Crippen LogP) is 5.82. The Hall–Kier alpha value is -4.11. The Labute approximate surface area is 199 Å². The smallest absolute Gasteiger partial charge is 0.161 e. The second-order valence-electron chi connectivity index (χ2n) is 8.51. The number of aromatic amines is 2. The molecular weight excluding hydrogens is 444 g/mol. The highest BCUT2D eigenvalue weighted by Gasteiger charge is 2.17. The van der Waals surface area contributed by atoms with Crippen LogP contribution in [0.3, 0.4) is 0 Å². The fourth-order valence-corrected chi connectivity index (χ4v) is 4.95. The third kappa shape index (κ3) is 3.60. The highest BCUT2D eigenvalue weighted by Crippen LogP contribution is 2.34. The summed E-state index contributed by atoms with van der Waals surface area (Å²) in [5.41, 5.74) is 6.94. The third-order valence-corrected chi connectivity index (χ3v) is 6.59. The van der Waals surface area contributed by atoms with Crippen molar-refractivity contribution < 1.29 is 0 Å². The van der Waals surface area contributed by atoms with Crippen LogP contribution in [0, 0.1) is 6.92 Å². The van der Waals surface area contributed by atoms with E-state index in [-0.39, 0.29) is 0 Å². The molecule has 168 valence electrons. The van der Waals surface area contributed by atoms with Crippen LogP contribution in [0.4, 0.5) is 5.69 Å². The van der Waals surface area contributed by atoms with Gasteiger partial charge in [-0.2, -0.15) is 5.10 Å². The summed E-state index contributed by atoms with van der Waals surface area (Å²) < 4.78 is 0. The van der Waals surface area contributed by atoms with E-state index in [9.17, 15) is 0 Å². The first kappa shape index (κ1) is 20.5. The van der Waals surface area contributed by atoms with Crippen molar-refractivity contribution in [2.24, 2.45) is 0 Å². The molecule has 0 aliphatic carbocycles. The lowest BCUT2D eigenvalue weighted by atomic mass is 10.1. The molecule has 0 aromatic carbocycles. The molecule has 0 radical (unpaired) electrons. The number of nitrogens with zero attached hydrogens (tertiary/aromatic N) is 5. The minimum absolute atomic E-state index is 0.322. The monoisotopic (exact) mass is 466 g/mol. The van der Waals surface area contributed by atoms with Crippen molar-refractivity contribution in [3.05, 3.63) is 60.0 Å². The van der Waals surface area contributed by atoms with E-state index >= 15 is 0 Å². The van der Waals surface area contributed by atoms with E-state index in [1.54, 1.807) is 11.3 Å². The van der Waals surface area contributed by atoms with Gasteiger partial charge < -0.3 is 10.3 Å². The number of H-pyrrole nitrogens is 2. The van der Waals surface area contributed by atoms with Crippen LogP contribution in [0.1, 0.15) is 18.7 Å². The molecule has 9 heteroatoms. The molecule has 0 aliphatic heterocycles. The maximum Gasteiger partial charge on any atom is 0.161 e. The maximum atomic E-state index is 4.90. The molecule has 0 aliphatic rings. The molecule has 0 atom stereocenters. The van der Waals surface area contributed by atoms with Crippen molar-refractivity contribution in [1.29, 1.82) is 0 Å². The van der Waals surface area contributed by atoms with Crippen molar-refractivity contribution >= 4 is 39.2 Å². The van der Waals surface area contributed by atoms with Gasteiger partial charge in [0, 0.05) is 57.3 Å². The summed E-state index contributed by atoms with van der Waals surface area (Å²) in [6, 6.07) is 10.7. The maximum absolute atomic E-state index is 4.90. The van der Waals surface area contributed by atoms with E-state index in [2.05, 4.69) is 80.5 Å². The fraction of sp³-hybridized carbons (Fsp3) is 0.160. The lowest BCUT2D eigenvalue weighted by Crippen LogP contribution is -2.09. The Morgan fingerprint density at radius 1 is 0.971 bits per heavy atom. The van der Waals surface area contributed by atoms with Crippen LogP contribution in [-0.4, -0.2) is 41.2 Å². The normalized spacial score (nSPS) is 11.6. The summed E-state index contributed by atoms with van der Waals surface area (Å²) in [4.78, 5) is 24.2. The van der Waals surface area contributed by atoms with Crippen molar-refractivity contribution in [2.45, 2.75) is 26.8 Å². The standard InChI is InChI=1S/C25H22N8S/c1-13(2)29-17-8-15(10-26-12-17)16-9-19-22(32-33-23(19)28-11-16)25-30-21-18(6-7-27-24(21)31-25)20-5-4-14(3)34-20/h4-13,29H,1-3H3,(H,27,30,31)(H,28,32,33). The van der Waals surface area contributed by atoms with Gasteiger partial charge in [0.25, 0.3) is 0 Å². The van der Waals surface area contributed by atoms with E-state index < -0.39 is 0 Å². The lowest BCUT2D eigenvalue weighted by Gasteiger charge is -2.10. The first-order chi connectivity index (χ1) is 16.5. The molecule has 0 unspecified atom stereocenters. The highest BCUT2D eigenvalue weighted by atomic mass is 32.1. The van der Waals surface area contributed by atoms with Gasteiger partial charge in [0.2, 0.25) is 0 Å². The van der Waals surface area contributed by atoms with Crippen LogP contribution in [0.25, 0.3) is 55.3 Å². The lowest BCUT2D eigenvalue weighted by molar-refractivity contribution is 0.898. The molecule has 6 rings (SSSR count). The van der Waals surface area contributed by atoms with Crippen LogP contribution in [0.15, 0.2) is 55.1 Å². The average Bonchev–Trinajstić information content (AvgIpc) is 3.55. The number of fused-ring (bicyclic) bond motifs is 2. The first-order valence-corrected chi connectivity index (χ1v) is 11.8. The van der Waals surface area contributed by atoms with Gasteiger partial charge in [-0.05, 0) is 51.1 Å². The number of anilines is 1. The molecule has 0 fully saturated rings. The number of hydrogen-bond acceptors (Lipinski definition) is 7. The SMILES string of the molecule is Cc1ccc(-c2ccnc3[nH]c(-c4n[nH]c5ncc(-c6cncc(NC(C)C)c6)cc45)nc23)s1. The first-order valence-electron chi connectivity index (χ1n) is 11.0. The molecule has 0 spiro atoms. The Kier molecular flexibility index (Phi) is 4.84. The minimum atomic E-state index is 0.322. The van der Waals surface area contributed by atoms with Crippen LogP contribution in [0.5, 0.6) is 0 Å². The molecule has 0 saturated heterocycles. The van der Waals surface area contributed by atoms with Gasteiger partial charge in [-0.25, -0.2) is 15.0 Å². The van der Waals surface area contributed by atoms with Gasteiger partial charge in [0.1, 0.15) is 11.2 Å². The van der Waals surface area contributed by atoms with Crippen molar-refractivity contribution in [2.75, 3.05) is 5.32 Å². The Morgan fingerprint density at radius 2 is 1.85 bits per heavy atom. The summed E-state index contributed by atoms with van der Waals surface area (Å²) in [7, 11) is 0. The van der Waals surface area contributed by atoms with E-state index in [4.69, 9.17) is 4.98 Å². The topological polar surface area (TPSA) is 108 Å². The zero-order chi connectivity index (χ0) is 23.2.